The van der Waals surface area contributed by atoms with Crippen LogP contribution < -0.4 is 0 Å². The van der Waals surface area contributed by atoms with Crippen molar-refractivity contribution in [2.75, 3.05) is 20.8 Å². The summed E-state index contributed by atoms with van der Waals surface area (Å²) in [5, 5.41) is 1.29. The topological polar surface area (TPSA) is 38.8 Å². The first-order chi connectivity index (χ1) is 9.70. The van der Waals surface area contributed by atoms with Gasteiger partial charge in [-0.1, -0.05) is 41.5 Å². The molecule has 0 aliphatic heterocycles. The Kier molecular flexibility index (Phi) is 9.41. The molecule has 0 bridgehead atoms. The predicted molar refractivity (Wildman–Crippen MR) is 90.6 cm³/mol. The number of carbonyl (C=O) groups excluding carboxylic acids is 1. The van der Waals surface area contributed by atoms with E-state index in [2.05, 4.69) is 41.5 Å². The minimum atomic E-state index is -1.75. The number of unbranched alkanes of at least 4 members (excludes halogenated alkanes) is 1. The molecule has 0 aromatic carbocycles. The minimum Gasteiger partial charge on any atom is -0.416 e. The largest absolute Gasteiger partial charge is 0.416 e. The number of carbonyl (C=O) groups is 1. The number of hydrogen-bond acceptors (Lipinski definition) is 3. The summed E-state index contributed by atoms with van der Waals surface area (Å²) in [6.07, 6.45) is 2.31. The van der Waals surface area contributed by atoms with Gasteiger partial charge in [0, 0.05) is 20.1 Å². The van der Waals surface area contributed by atoms with Crippen molar-refractivity contribution in [3.05, 3.63) is 0 Å². The van der Waals surface area contributed by atoms with Crippen molar-refractivity contribution in [2.45, 2.75) is 77.4 Å². The molecule has 5 heteroatoms. The van der Waals surface area contributed by atoms with E-state index in [-0.39, 0.29) is 5.91 Å². The van der Waals surface area contributed by atoms with Crippen LogP contribution in [0.2, 0.25) is 16.6 Å². The van der Waals surface area contributed by atoms with Gasteiger partial charge >= 0.3 is 0 Å². The monoisotopic (exact) mass is 317 g/mol. The molecule has 4 nitrogen and oxygen atoms in total. The average molecular weight is 318 g/mol. The standard InChI is InChI=1S/C16H35NO3Si/c1-13(2)21(14(3)4,15(5)6)20-12-10-9-11-16(18)17(7)19-8/h13-15H,9-12H2,1-8H3. The van der Waals surface area contributed by atoms with Gasteiger partial charge in [-0.3, -0.25) is 9.63 Å². The van der Waals surface area contributed by atoms with E-state index in [1.54, 1.807) is 7.05 Å². The molecule has 0 aromatic heterocycles. The molecule has 0 radical (unpaired) electrons. The fraction of sp³-hybridized carbons (Fsp3) is 0.938. The van der Waals surface area contributed by atoms with E-state index < -0.39 is 8.32 Å². The van der Waals surface area contributed by atoms with Gasteiger partial charge in [-0.15, -0.1) is 0 Å². The Labute approximate surface area is 132 Å². The first-order valence-corrected chi connectivity index (χ1v) is 10.3. The molecule has 1 amide bonds. The molecule has 0 aromatic rings. The summed E-state index contributed by atoms with van der Waals surface area (Å²) in [5.74, 6) is 0.0255. The molecule has 0 saturated carbocycles. The summed E-state index contributed by atoms with van der Waals surface area (Å²) in [6, 6.07) is 0. The van der Waals surface area contributed by atoms with Crippen molar-refractivity contribution >= 4 is 14.2 Å². The molecular weight excluding hydrogens is 282 g/mol. The molecule has 126 valence electrons. The number of nitrogens with zero attached hydrogens (tertiary/aromatic N) is 1. The van der Waals surface area contributed by atoms with Crippen molar-refractivity contribution < 1.29 is 14.1 Å². The molecule has 0 rings (SSSR count). The van der Waals surface area contributed by atoms with Gasteiger partial charge in [0.15, 0.2) is 8.32 Å². The van der Waals surface area contributed by atoms with Crippen LogP contribution in [0.3, 0.4) is 0 Å². The van der Waals surface area contributed by atoms with Gasteiger partial charge in [0.1, 0.15) is 0 Å². The van der Waals surface area contributed by atoms with Gasteiger partial charge in [-0.2, -0.15) is 0 Å². The van der Waals surface area contributed by atoms with Crippen LogP contribution in [0.15, 0.2) is 0 Å². The Balaban J connectivity index is 4.32. The van der Waals surface area contributed by atoms with E-state index >= 15 is 0 Å². The number of rotatable bonds is 10. The van der Waals surface area contributed by atoms with Crippen molar-refractivity contribution in [3.8, 4) is 0 Å². The molecule has 0 aliphatic carbocycles. The highest BCUT2D eigenvalue weighted by Crippen LogP contribution is 2.42. The van der Waals surface area contributed by atoms with Crippen molar-refractivity contribution in [1.29, 1.82) is 0 Å². The number of hydroxylamine groups is 2. The lowest BCUT2D eigenvalue weighted by Crippen LogP contribution is -2.47. The van der Waals surface area contributed by atoms with Crippen LogP contribution in [0, 0.1) is 0 Å². The quantitative estimate of drug-likeness (QED) is 0.341. The lowest BCUT2D eigenvalue weighted by molar-refractivity contribution is -0.168. The molecule has 21 heavy (non-hydrogen) atoms. The highest BCUT2D eigenvalue weighted by atomic mass is 28.4. The zero-order valence-corrected chi connectivity index (χ0v) is 16.2. The first-order valence-electron chi connectivity index (χ1n) is 8.14. The van der Waals surface area contributed by atoms with Crippen LogP contribution in [-0.2, 0) is 14.1 Å². The maximum atomic E-state index is 11.6. The molecule has 0 aliphatic rings. The van der Waals surface area contributed by atoms with Crippen molar-refractivity contribution in [1.82, 2.24) is 5.06 Å². The molecule has 0 spiro atoms. The number of amides is 1. The molecule has 0 saturated heterocycles. The van der Waals surface area contributed by atoms with E-state index in [9.17, 15) is 4.79 Å². The van der Waals surface area contributed by atoms with Gasteiger partial charge in [0.25, 0.3) is 0 Å². The lowest BCUT2D eigenvalue weighted by Gasteiger charge is -2.42. The predicted octanol–water partition coefficient (Wildman–Crippen LogP) is 4.37. The molecule has 0 heterocycles. The minimum absolute atomic E-state index is 0.0255. The lowest BCUT2D eigenvalue weighted by atomic mass is 10.2. The van der Waals surface area contributed by atoms with Gasteiger partial charge < -0.3 is 4.43 Å². The van der Waals surface area contributed by atoms with Crippen LogP contribution in [0.1, 0.15) is 60.8 Å². The van der Waals surface area contributed by atoms with E-state index in [1.165, 1.54) is 12.2 Å². The second-order valence-corrected chi connectivity index (χ2v) is 12.2. The van der Waals surface area contributed by atoms with Crippen molar-refractivity contribution in [3.63, 3.8) is 0 Å². The maximum Gasteiger partial charge on any atom is 0.245 e. The van der Waals surface area contributed by atoms with Crippen molar-refractivity contribution in [2.24, 2.45) is 0 Å². The number of hydrogen-bond donors (Lipinski definition) is 0. The van der Waals surface area contributed by atoms with Crippen LogP contribution in [0.25, 0.3) is 0 Å². The van der Waals surface area contributed by atoms with E-state index in [0.717, 1.165) is 19.4 Å². The Morgan fingerprint density at radius 3 is 1.86 bits per heavy atom. The third kappa shape index (κ3) is 5.72. The van der Waals surface area contributed by atoms with Crippen LogP contribution in [0.4, 0.5) is 0 Å². The summed E-state index contributed by atoms with van der Waals surface area (Å²) in [6.45, 7) is 14.5. The van der Waals surface area contributed by atoms with E-state index in [0.29, 0.717) is 23.0 Å². The summed E-state index contributed by atoms with van der Waals surface area (Å²) < 4.78 is 6.47. The van der Waals surface area contributed by atoms with Gasteiger partial charge in [-0.05, 0) is 29.5 Å². The summed E-state index contributed by atoms with van der Waals surface area (Å²) in [7, 11) is 1.40. The smallest absolute Gasteiger partial charge is 0.245 e. The second-order valence-electron chi connectivity index (χ2n) is 6.70. The Morgan fingerprint density at radius 1 is 1.00 bits per heavy atom. The highest BCUT2D eigenvalue weighted by molar-refractivity contribution is 6.77. The van der Waals surface area contributed by atoms with Gasteiger partial charge in [-0.25, -0.2) is 5.06 Å². The Bertz CT molecular complexity index is 284. The Morgan fingerprint density at radius 2 is 1.48 bits per heavy atom. The third-order valence-electron chi connectivity index (χ3n) is 4.47. The van der Waals surface area contributed by atoms with E-state index in [4.69, 9.17) is 9.26 Å². The summed E-state index contributed by atoms with van der Waals surface area (Å²) >= 11 is 0. The third-order valence-corrected chi connectivity index (χ3v) is 10.6. The van der Waals surface area contributed by atoms with Gasteiger partial charge in [0.2, 0.25) is 5.91 Å². The second kappa shape index (κ2) is 9.59. The molecule has 0 unspecified atom stereocenters. The zero-order chi connectivity index (χ0) is 16.6. The molecule has 0 atom stereocenters. The van der Waals surface area contributed by atoms with Gasteiger partial charge in [0.05, 0.1) is 7.11 Å². The SMILES string of the molecule is CON(C)C(=O)CCCCO[Si](C(C)C)(C(C)C)C(C)C. The first kappa shape index (κ1) is 20.6. The fourth-order valence-electron chi connectivity index (χ4n) is 3.39. The summed E-state index contributed by atoms with van der Waals surface area (Å²) in [5.41, 5.74) is 1.83. The van der Waals surface area contributed by atoms with E-state index in [1.807, 2.05) is 0 Å². The Hall–Kier alpha value is -0.393. The normalized spacial score (nSPS) is 12.5. The zero-order valence-electron chi connectivity index (χ0n) is 15.2. The molecular formula is C16H35NO3Si. The fourth-order valence-corrected chi connectivity index (χ4v) is 8.88. The van der Waals surface area contributed by atoms with Crippen LogP contribution in [-0.4, -0.2) is 40.1 Å². The average Bonchev–Trinajstić information content (AvgIpc) is 2.40. The maximum absolute atomic E-state index is 11.6. The van der Waals surface area contributed by atoms with Crippen LogP contribution >= 0.6 is 0 Å². The summed E-state index contributed by atoms with van der Waals surface area (Å²) in [4.78, 5) is 16.5. The highest BCUT2D eigenvalue weighted by Gasteiger charge is 2.44. The molecule has 0 fully saturated rings. The molecule has 0 N–H and O–H groups in total. The van der Waals surface area contributed by atoms with Crippen LogP contribution in [0.5, 0.6) is 0 Å².